The molecule has 0 amide bonds. The van der Waals surface area contributed by atoms with Gasteiger partial charge in [-0.15, -0.1) is 24.0 Å². The zero-order chi connectivity index (χ0) is 18.8. The van der Waals surface area contributed by atoms with E-state index in [9.17, 15) is 0 Å². The summed E-state index contributed by atoms with van der Waals surface area (Å²) in [6.45, 7) is 4.53. The first kappa shape index (κ1) is 23.2. The van der Waals surface area contributed by atoms with Gasteiger partial charge in [-0.2, -0.15) is 5.10 Å². The largest absolute Gasteiger partial charge is 0.493 e. The van der Waals surface area contributed by atoms with Gasteiger partial charge in [-0.05, 0) is 18.6 Å². The van der Waals surface area contributed by atoms with Gasteiger partial charge in [-0.3, -0.25) is 9.67 Å². The van der Waals surface area contributed by atoms with Crippen LogP contribution in [0.2, 0.25) is 0 Å². The van der Waals surface area contributed by atoms with Crippen molar-refractivity contribution in [3.05, 3.63) is 41.5 Å². The number of halogens is 1. The van der Waals surface area contributed by atoms with Gasteiger partial charge in [-0.25, -0.2) is 4.98 Å². The lowest BCUT2D eigenvalue weighted by Crippen LogP contribution is -2.37. The molecule has 0 aliphatic heterocycles. The minimum absolute atomic E-state index is 0. The predicted octanol–water partition coefficient (Wildman–Crippen LogP) is 2.02. The Morgan fingerprint density at radius 3 is 2.67 bits per heavy atom. The quantitative estimate of drug-likeness (QED) is 0.243. The highest BCUT2D eigenvalue weighted by atomic mass is 127. The van der Waals surface area contributed by atoms with Gasteiger partial charge in [-0.1, -0.05) is 12.1 Å². The molecule has 1 aromatic carbocycles. The zero-order valence-electron chi connectivity index (χ0n) is 16.4. The van der Waals surface area contributed by atoms with Crippen LogP contribution in [0.3, 0.4) is 0 Å². The molecule has 27 heavy (non-hydrogen) atoms. The fourth-order valence-corrected chi connectivity index (χ4v) is 2.37. The molecule has 0 fully saturated rings. The molecule has 1 aromatic heterocycles. The Morgan fingerprint density at radius 1 is 1.22 bits per heavy atom. The van der Waals surface area contributed by atoms with E-state index in [0.29, 0.717) is 32.3 Å². The first-order valence-electron chi connectivity index (χ1n) is 8.62. The summed E-state index contributed by atoms with van der Waals surface area (Å²) < 4.78 is 12.7. The summed E-state index contributed by atoms with van der Waals surface area (Å²) >= 11 is 0. The minimum Gasteiger partial charge on any atom is -0.493 e. The Labute approximate surface area is 177 Å². The summed E-state index contributed by atoms with van der Waals surface area (Å²) in [4.78, 5) is 8.43. The van der Waals surface area contributed by atoms with Crippen LogP contribution in [0.25, 0.3) is 0 Å². The van der Waals surface area contributed by atoms with E-state index in [1.807, 2.05) is 7.05 Å². The first-order valence-corrected chi connectivity index (χ1v) is 8.62. The fraction of sp³-hybridized carbons (Fsp3) is 0.500. The first-order chi connectivity index (χ1) is 12.6. The van der Waals surface area contributed by atoms with Crippen molar-refractivity contribution in [1.82, 2.24) is 25.4 Å². The third kappa shape index (κ3) is 7.71. The molecule has 0 atom stereocenters. The van der Waals surface area contributed by atoms with Crippen molar-refractivity contribution in [2.45, 2.75) is 26.4 Å². The molecular weight excluding hydrogens is 459 g/mol. The van der Waals surface area contributed by atoms with E-state index in [2.05, 4.69) is 50.8 Å². The lowest BCUT2D eigenvalue weighted by Gasteiger charge is -2.15. The molecule has 0 aliphatic carbocycles. The number of nitrogens with one attached hydrogen (secondary N) is 2. The Kier molecular flexibility index (Phi) is 10.7. The van der Waals surface area contributed by atoms with Gasteiger partial charge in [0.15, 0.2) is 5.96 Å². The molecule has 150 valence electrons. The molecule has 1 heterocycles. The standard InChI is InChI=1S/C18H28N6O2.HI/c1-14-6-7-15(16(10-14)26-9-5-8-25-4)11-20-18(19-2)21-12-17-22-13-23-24(17)3;/h6-7,10,13H,5,8-9,11-12H2,1-4H3,(H2,19,20,21);1H. The lowest BCUT2D eigenvalue weighted by molar-refractivity contribution is 0.171. The van der Waals surface area contributed by atoms with Crippen molar-refractivity contribution in [2.24, 2.45) is 12.0 Å². The monoisotopic (exact) mass is 488 g/mol. The van der Waals surface area contributed by atoms with Gasteiger partial charge in [0.2, 0.25) is 0 Å². The van der Waals surface area contributed by atoms with E-state index in [4.69, 9.17) is 9.47 Å². The molecule has 0 bridgehead atoms. The van der Waals surface area contributed by atoms with Gasteiger partial charge >= 0.3 is 0 Å². The smallest absolute Gasteiger partial charge is 0.191 e. The number of aliphatic imine (C=N–C) groups is 1. The van der Waals surface area contributed by atoms with Crippen LogP contribution >= 0.6 is 24.0 Å². The maximum Gasteiger partial charge on any atom is 0.191 e. The number of aromatic nitrogens is 3. The van der Waals surface area contributed by atoms with E-state index < -0.39 is 0 Å². The molecule has 0 spiro atoms. The topological polar surface area (TPSA) is 85.6 Å². The average Bonchev–Trinajstić information content (AvgIpc) is 3.05. The number of aryl methyl sites for hydroxylation is 2. The third-order valence-corrected chi connectivity index (χ3v) is 3.86. The van der Waals surface area contributed by atoms with Crippen LogP contribution in [-0.2, 0) is 24.9 Å². The second-order valence-corrected chi connectivity index (χ2v) is 5.89. The Hall–Kier alpha value is -1.88. The second-order valence-electron chi connectivity index (χ2n) is 5.89. The van der Waals surface area contributed by atoms with Crippen LogP contribution in [0.4, 0.5) is 0 Å². The Balaban J connectivity index is 0.00000364. The SMILES string of the molecule is CN=C(NCc1ccc(C)cc1OCCCOC)NCc1ncnn1C.I. The molecule has 2 N–H and O–H groups in total. The summed E-state index contributed by atoms with van der Waals surface area (Å²) in [7, 11) is 5.30. The van der Waals surface area contributed by atoms with Gasteiger partial charge in [0.25, 0.3) is 0 Å². The molecular formula is C18H29IN6O2. The molecule has 0 radical (unpaired) electrons. The number of hydrogen-bond donors (Lipinski definition) is 2. The number of ether oxygens (including phenoxy) is 2. The van der Waals surface area contributed by atoms with E-state index in [1.165, 1.54) is 11.9 Å². The normalized spacial score (nSPS) is 11.0. The number of methoxy groups -OCH3 is 1. The maximum absolute atomic E-state index is 5.92. The van der Waals surface area contributed by atoms with Gasteiger partial charge in [0.1, 0.15) is 17.9 Å². The van der Waals surface area contributed by atoms with E-state index in [1.54, 1.807) is 18.8 Å². The number of nitrogens with zero attached hydrogens (tertiary/aromatic N) is 4. The van der Waals surface area contributed by atoms with Crippen LogP contribution in [0.15, 0.2) is 29.5 Å². The molecule has 8 nitrogen and oxygen atoms in total. The van der Waals surface area contributed by atoms with Crippen LogP contribution in [0, 0.1) is 6.92 Å². The molecule has 0 saturated carbocycles. The van der Waals surface area contributed by atoms with Gasteiger partial charge in [0, 0.05) is 46.3 Å². The van der Waals surface area contributed by atoms with Crippen molar-refractivity contribution in [1.29, 1.82) is 0 Å². The highest BCUT2D eigenvalue weighted by Crippen LogP contribution is 2.20. The second kappa shape index (κ2) is 12.5. The van der Waals surface area contributed by atoms with Crippen molar-refractivity contribution < 1.29 is 9.47 Å². The Bertz CT molecular complexity index is 720. The number of hydrogen-bond acceptors (Lipinski definition) is 5. The van der Waals surface area contributed by atoms with Gasteiger partial charge < -0.3 is 20.1 Å². The molecule has 2 aromatic rings. The summed E-state index contributed by atoms with van der Waals surface area (Å²) in [6.07, 6.45) is 2.39. The Morgan fingerprint density at radius 2 is 2.00 bits per heavy atom. The number of rotatable bonds is 9. The summed E-state index contributed by atoms with van der Waals surface area (Å²) in [6, 6.07) is 6.21. The van der Waals surface area contributed by atoms with Crippen molar-refractivity contribution in [3.63, 3.8) is 0 Å². The van der Waals surface area contributed by atoms with Crippen molar-refractivity contribution in [2.75, 3.05) is 27.4 Å². The molecule has 2 rings (SSSR count). The lowest BCUT2D eigenvalue weighted by atomic mass is 10.1. The van der Waals surface area contributed by atoms with Crippen LogP contribution < -0.4 is 15.4 Å². The highest BCUT2D eigenvalue weighted by molar-refractivity contribution is 14.0. The van der Waals surface area contributed by atoms with Crippen molar-refractivity contribution >= 4 is 29.9 Å². The summed E-state index contributed by atoms with van der Waals surface area (Å²) in [5.74, 6) is 2.42. The minimum atomic E-state index is 0. The molecule has 0 saturated heterocycles. The molecule has 9 heteroatoms. The van der Waals surface area contributed by atoms with E-state index in [0.717, 1.165) is 23.6 Å². The average molecular weight is 488 g/mol. The molecule has 0 unspecified atom stereocenters. The number of benzene rings is 1. The fourth-order valence-electron chi connectivity index (χ4n) is 2.37. The zero-order valence-corrected chi connectivity index (χ0v) is 18.7. The van der Waals surface area contributed by atoms with Crippen LogP contribution in [-0.4, -0.2) is 48.1 Å². The van der Waals surface area contributed by atoms with E-state index in [-0.39, 0.29) is 24.0 Å². The number of guanidine groups is 1. The molecule has 0 aliphatic rings. The van der Waals surface area contributed by atoms with Crippen molar-refractivity contribution in [3.8, 4) is 5.75 Å². The van der Waals surface area contributed by atoms with E-state index >= 15 is 0 Å². The third-order valence-electron chi connectivity index (χ3n) is 3.86. The highest BCUT2D eigenvalue weighted by Gasteiger charge is 2.07. The summed E-state index contributed by atoms with van der Waals surface area (Å²) in [5.41, 5.74) is 2.25. The van der Waals surface area contributed by atoms with Crippen LogP contribution in [0.5, 0.6) is 5.75 Å². The van der Waals surface area contributed by atoms with Gasteiger partial charge in [0.05, 0.1) is 13.2 Å². The predicted molar refractivity (Wildman–Crippen MR) is 117 cm³/mol. The maximum atomic E-state index is 5.92. The summed E-state index contributed by atoms with van der Waals surface area (Å²) in [5, 5.41) is 10.6. The van der Waals surface area contributed by atoms with Crippen LogP contribution in [0.1, 0.15) is 23.4 Å².